The first-order valence-corrected chi connectivity index (χ1v) is 15.6. The van der Waals surface area contributed by atoms with Gasteiger partial charge < -0.3 is 35.0 Å². The van der Waals surface area contributed by atoms with Crippen LogP contribution in [-0.2, 0) is 11.2 Å². The lowest BCUT2D eigenvalue weighted by atomic mass is 9.63. The van der Waals surface area contributed by atoms with Gasteiger partial charge in [-0.25, -0.2) is 0 Å². The predicted octanol–water partition coefficient (Wildman–Crippen LogP) is 5.62. The molecular formula is C34H46O7. The summed E-state index contributed by atoms with van der Waals surface area (Å²) in [6.45, 7) is 2.16. The number of methoxy groups -OCH3 is 2. The van der Waals surface area contributed by atoms with Crippen LogP contribution in [0.2, 0.25) is 0 Å². The van der Waals surface area contributed by atoms with Crippen molar-refractivity contribution < 1.29 is 35.0 Å². The fraction of sp³-hybridized carbons (Fsp3) is 0.647. The number of aliphatic hydroxyl groups is 3. The third-order valence-electron chi connectivity index (χ3n) is 11.0. The summed E-state index contributed by atoms with van der Waals surface area (Å²) >= 11 is 0. The normalized spacial score (nSPS) is 34.8. The third-order valence-corrected chi connectivity index (χ3v) is 11.0. The Morgan fingerprint density at radius 1 is 0.829 bits per heavy atom. The Bertz CT molecular complexity index is 1270. The fourth-order valence-corrected chi connectivity index (χ4v) is 9.11. The standard InChI is InChI=1S/C34H46O7/c1-17-13-18(15-24(30(17)35)19-7-4-9-21(16-19)40-2)14-20-8-5-10-22-26(20)33(38)29-28(31(22)36)32(37)23-11-6-12-25(41-3)27(23)34(29)39/h6,11-12,17-21,24,30,32,34-39H,4-5,7-10,13-16H2,1-3H3. The predicted molar refractivity (Wildman–Crippen MR) is 155 cm³/mol. The highest BCUT2D eigenvalue weighted by atomic mass is 16.5. The molecule has 0 radical (unpaired) electrons. The zero-order chi connectivity index (χ0) is 29.0. The van der Waals surface area contributed by atoms with E-state index in [9.17, 15) is 25.5 Å². The number of phenolic OH excluding ortho intramolecular Hbond substituents is 2. The Balaban J connectivity index is 1.33. The first-order chi connectivity index (χ1) is 19.7. The molecule has 2 fully saturated rings. The number of aromatic hydroxyl groups is 2. The molecule has 0 amide bonds. The maximum atomic E-state index is 11.8. The van der Waals surface area contributed by atoms with E-state index in [0.717, 1.165) is 63.4 Å². The van der Waals surface area contributed by atoms with E-state index in [1.165, 1.54) is 7.11 Å². The van der Waals surface area contributed by atoms with Crippen molar-refractivity contribution in [1.82, 2.24) is 0 Å². The molecule has 9 unspecified atom stereocenters. The molecule has 9 atom stereocenters. The van der Waals surface area contributed by atoms with E-state index in [4.69, 9.17) is 9.47 Å². The number of hydrogen-bond acceptors (Lipinski definition) is 7. The number of phenols is 2. The minimum absolute atomic E-state index is 0.00346. The van der Waals surface area contributed by atoms with Crippen molar-refractivity contribution in [2.45, 2.75) is 101 Å². The smallest absolute Gasteiger partial charge is 0.126 e. The monoisotopic (exact) mass is 566 g/mol. The summed E-state index contributed by atoms with van der Waals surface area (Å²) in [5.74, 6) is 1.77. The molecule has 0 heterocycles. The van der Waals surface area contributed by atoms with Crippen molar-refractivity contribution in [3.05, 3.63) is 51.6 Å². The minimum atomic E-state index is -1.23. The average Bonchev–Trinajstić information content (AvgIpc) is 2.98. The number of benzene rings is 2. The van der Waals surface area contributed by atoms with Gasteiger partial charge >= 0.3 is 0 Å². The second kappa shape index (κ2) is 11.4. The van der Waals surface area contributed by atoms with Crippen molar-refractivity contribution in [1.29, 1.82) is 0 Å². The second-order valence-electron chi connectivity index (χ2n) is 13.3. The van der Waals surface area contributed by atoms with E-state index < -0.39 is 12.2 Å². The molecular weight excluding hydrogens is 520 g/mol. The van der Waals surface area contributed by atoms with Gasteiger partial charge in [-0.15, -0.1) is 0 Å². The SMILES string of the molecule is COc1cccc2c1C(O)c1c(O)c3c(c(O)c1C2O)CCCC3CC1CC(C)C(O)C(C2CCCC(OC)C2)C1. The highest BCUT2D eigenvalue weighted by molar-refractivity contribution is 5.68. The molecule has 5 N–H and O–H groups in total. The van der Waals surface area contributed by atoms with Crippen molar-refractivity contribution in [2.24, 2.45) is 23.7 Å². The van der Waals surface area contributed by atoms with Crippen LogP contribution < -0.4 is 4.74 Å². The van der Waals surface area contributed by atoms with E-state index in [2.05, 4.69) is 6.92 Å². The molecule has 4 aliphatic carbocycles. The lowest BCUT2D eigenvalue weighted by molar-refractivity contribution is -0.0510. The van der Waals surface area contributed by atoms with Gasteiger partial charge in [-0.1, -0.05) is 25.5 Å². The zero-order valence-electron chi connectivity index (χ0n) is 24.6. The number of fused-ring (bicyclic) bond motifs is 3. The summed E-state index contributed by atoms with van der Waals surface area (Å²) in [5, 5.41) is 57.5. The van der Waals surface area contributed by atoms with E-state index in [1.54, 1.807) is 25.3 Å². The number of rotatable bonds is 5. The van der Waals surface area contributed by atoms with Crippen molar-refractivity contribution in [2.75, 3.05) is 14.2 Å². The van der Waals surface area contributed by atoms with Crippen LogP contribution in [-0.4, -0.2) is 52.0 Å². The lowest BCUT2D eigenvalue weighted by Crippen LogP contribution is -2.42. The van der Waals surface area contributed by atoms with Crippen LogP contribution in [0.25, 0.3) is 0 Å². The Hall–Kier alpha value is -2.32. The summed E-state index contributed by atoms with van der Waals surface area (Å²) in [6.07, 6.45) is 7.12. The molecule has 0 saturated heterocycles. The van der Waals surface area contributed by atoms with E-state index in [-0.39, 0.29) is 52.6 Å². The highest BCUT2D eigenvalue weighted by Gasteiger charge is 2.44. The van der Waals surface area contributed by atoms with Crippen molar-refractivity contribution in [3.8, 4) is 17.2 Å². The lowest BCUT2D eigenvalue weighted by Gasteiger charge is -2.45. The van der Waals surface area contributed by atoms with Crippen molar-refractivity contribution >= 4 is 0 Å². The topological polar surface area (TPSA) is 120 Å². The third kappa shape index (κ3) is 4.83. The van der Waals surface area contributed by atoms with Gasteiger partial charge in [0.05, 0.1) is 19.3 Å². The Kier molecular flexibility index (Phi) is 8.00. The van der Waals surface area contributed by atoms with Crippen LogP contribution in [0.1, 0.15) is 116 Å². The van der Waals surface area contributed by atoms with Crippen LogP contribution in [0, 0.1) is 23.7 Å². The van der Waals surface area contributed by atoms with E-state index in [0.29, 0.717) is 40.7 Å². The molecule has 224 valence electrons. The van der Waals surface area contributed by atoms with Gasteiger partial charge in [0.1, 0.15) is 29.5 Å². The molecule has 7 heteroatoms. The van der Waals surface area contributed by atoms with Crippen LogP contribution in [0.5, 0.6) is 17.2 Å². The number of aliphatic hydroxyl groups excluding tert-OH is 3. The maximum Gasteiger partial charge on any atom is 0.126 e. The molecule has 2 aromatic rings. The maximum absolute atomic E-state index is 11.8. The van der Waals surface area contributed by atoms with E-state index >= 15 is 0 Å². The summed E-state index contributed by atoms with van der Waals surface area (Å²) in [4.78, 5) is 0. The van der Waals surface area contributed by atoms with Gasteiger partial charge in [0.15, 0.2) is 0 Å². The Labute approximate surface area is 243 Å². The van der Waals surface area contributed by atoms with Gasteiger partial charge in [0.2, 0.25) is 0 Å². The molecule has 6 rings (SSSR count). The first kappa shape index (κ1) is 28.8. The second-order valence-corrected chi connectivity index (χ2v) is 13.3. The molecule has 2 saturated carbocycles. The average molecular weight is 567 g/mol. The molecule has 4 aliphatic rings. The van der Waals surface area contributed by atoms with Gasteiger partial charge in [-0.3, -0.25) is 0 Å². The molecule has 7 nitrogen and oxygen atoms in total. The van der Waals surface area contributed by atoms with Gasteiger partial charge in [0.25, 0.3) is 0 Å². The van der Waals surface area contributed by atoms with E-state index in [1.807, 2.05) is 0 Å². The summed E-state index contributed by atoms with van der Waals surface area (Å²) in [7, 11) is 3.31. The zero-order valence-corrected chi connectivity index (χ0v) is 24.6. The molecule has 0 bridgehead atoms. The fourth-order valence-electron chi connectivity index (χ4n) is 9.11. The first-order valence-electron chi connectivity index (χ1n) is 15.6. The molecule has 0 spiro atoms. The summed E-state index contributed by atoms with van der Waals surface area (Å²) < 4.78 is 11.2. The number of hydrogen-bond donors (Lipinski definition) is 5. The summed E-state index contributed by atoms with van der Waals surface area (Å²) in [6, 6.07) is 5.21. The van der Waals surface area contributed by atoms with Gasteiger partial charge in [-0.05, 0) is 99.0 Å². The molecule has 0 aliphatic heterocycles. The largest absolute Gasteiger partial charge is 0.507 e. The molecule has 2 aromatic carbocycles. The Morgan fingerprint density at radius 3 is 2.37 bits per heavy atom. The van der Waals surface area contributed by atoms with Gasteiger partial charge in [-0.2, -0.15) is 0 Å². The number of ether oxygens (including phenoxy) is 2. The minimum Gasteiger partial charge on any atom is -0.507 e. The Morgan fingerprint density at radius 2 is 1.61 bits per heavy atom. The van der Waals surface area contributed by atoms with Crippen LogP contribution in [0.3, 0.4) is 0 Å². The molecule has 0 aromatic heterocycles. The molecule has 41 heavy (non-hydrogen) atoms. The van der Waals surface area contributed by atoms with Crippen LogP contribution >= 0.6 is 0 Å². The quantitative estimate of drug-likeness (QED) is 0.298. The van der Waals surface area contributed by atoms with Crippen LogP contribution in [0.4, 0.5) is 0 Å². The summed E-state index contributed by atoms with van der Waals surface area (Å²) in [5.41, 5.74) is 2.73. The van der Waals surface area contributed by atoms with Gasteiger partial charge in [0, 0.05) is 34.9 Å². The van der Waals surface area contributed by atoms with Crippen molar-refractivity contribution in [3.63, 3.8) is 0 Å². The highest BCUT2D eigenvalue weighted by Crippen LogP contribution is 2.57. The van der Waals surface area contributed by atoms with Crippen LogP contribution in [0.15, 0.2) is 18.2 Å².